The molecule has 0 spiro atoms. The number of nitrogens with one attached hydrogen (secondary N) is 3. The van der Waals surface area contributed by atoms with Crippen molar-refractivity contribution in [2.45, 2.75) is 83.0 Å². The second-order valence-electron chi connectivity index (χ2n) is 8.73. The van der Waals surface area contributed by atoms with Gasteiger partial charge in [-0.3, -0.25) is 19.8 Å². The van der Waals surface area contributed by atoms with Gasteiger partial charge in [-0.25, -0.2) is 0 Å². The number of nitrogens with two attached hydrogens (primary N) is 1. The largest absolute Gasteiger partial charge is 0.369 e. The lowest BCUT2D eigenvalue weighted by Gasteiger charge is -2.36. The molecule has 0 aromatic heterocycles. The van der Waals surface area contributed by atoms with Crippen molar-refractivity contribution in [1.29, 1.82) is 0 Å². The fourth-order valence-corrected chi connectivity index (χ4v) is 5.01. The molecule has 5 N–H and O–H groups in total. The zero-order valence-corrected chi connectivity index (χ0v) is 17.4. The fourth-order valence-electron chi connectivity index (χ4n) is 5.01. The molecule has 0 radical (unpaired) electrons. The van der Waals surface area contributed by atoms with Gasteiger partial charge in [0.2, 0.25) is 5.91 Å². The molecule has 29 heavy (non-hydrogen) atoms. The number of carbonyl (C=O) groups excluding carboxylic acids is 1. The molecule has 4 unspecified atom stereocenters. The molecule has 1 amide bonds. The van der Waals surface area contributed by atoms with Crippen molar-refractivity contribution in [1.82, 2.24) is 21.0 Å². The van der Waals surface area contributed by atoms with Gasteiger partial charge >= 0.3 is 0 Å². The Morgan fingerprint density at radius 1 is 1.21 bits per heavy atom. The van der Waals surface area contributed by atoms with Crippen LogP contribution in [0.4, 0.5) is 0 Å². The molecule has 0 bridgehead atoms. The highest BCUT2D eigenvalue weighted by molar-refractivity contribution is 5.76. The monoisotopic (exact) mass is 401 g/mol. The summed E-state index contributed by atoms with van der Waals surface area (Å²) in [6.07, 6.45) is 8.44. The summed E-state index contributed by atoms with van der Waals surface area (Å²) in [5.41, 5.74) is 11.2. The third kappa shape index (κ3) is 4.98. The first-order valence-electron chi connectivity index (χ1n) is 11.2. The molecule has 1 saturated carbocycles. The summed E-state index contributed by atoms with van der Waals surface area (Å²) in [4.78, 5) is 19.7. The van der Waals surface area contributed by atoms with E-state index in [2.05, 4.69) is 52.2 Å². The van der Waals surface area contributed by atoms with E-state index >= 15 is 0 Å². The second kappa shape index (κ2) is 9.53. The van der Waals surface area contributed by atoms with Crippen molar-refractivity contribution in [2.75, 3.05) is 6.54 Å². The number of carbonyl (C=O) groups is 1. The van der Waals surface area contributed by atoms with Crippen molar-refractivity contribution >= 4 is 5.91 Å². The van der Waals surface area contributed by atoms with Gasteiger partial charge in [0.1, 0.15) is 12.4 Å². The first-order valence-corrected chi connectivity index (χ1v) is 11.2. The van der Waals surface area contributed by atoms with E-state index in [0.29, 0.717) is 6.04 Å². The molecule has 2 aliphatic heterocycles. The molecule has 4 rings (SSSR count). The number of amides is 1. The van der Waals surface area contributed by atoms with Gasteiger partial charge in [-0.2, -0.15) is 5.48 Å². The Kier molecular flexibility index (Phi) is 6.82. The van der Waals surface area contributed by atoms with Crippen molar-refractivity contribution in [3.8, 4) is 0 Å². The van der Waals surface area contributed by atoms with Gasteiger partial charge in [0.05, 0.1) is 6.17 Å². The van der Waals surface area contributed by atoms with Gasteiger partial charge in [-0.05, 0) is 50.3 Å². The maximum atomic E-state index is 11.4. The first kappa shape index (κ1) is 20.8. The Hall–Kier alpha value is -1.51. The van der Waals surface area contributed by atoms with Gasteiger partial charge in [0.15, 0.2) is 0 Å². The average molecular weight is 402 g/mol. The molecule has 1 aromatic rings. The predicted molar refractivity (Wildman–Crippen MR) is 112 cm³/mol. The van der Waals surface area contributed by atoms with Crippen molar-refractivity contribution in [3.05, 3.63) is 35.4 Å². The molecule has 7 nitrogen and oxygen atoms in total. The topological polar surface area (TPSA) is 91.6 Å². The summed E-state index contributed by atoms with van der Waals surface area (Å²) >= 11 is 0. The quantitative estimate of drug-likeness (QED) is 0.584. The summed E-state index contributed by atoms with van der Waals surface area (Å²) in [7, 11) is 0. The van der Waals surface area contributed by atoms with Crippen LogP contribution < -0.4 is 21.8 Å². The predicted octanol–water partition coefficient (Wildman–Crippen LogP) is 2.10. The highest BCUT2D eigenvalue weighted by Crippen LogP contribution is 2.34. The van der Waals surface area contributed by atoms with Crippen LogP contribution in [0.1, 0.15) is 69.2 Å². The van der Waals surface area contributed by atoms with Crippen LogP contribution in [0.3, 0.4) is 0 Å². The van der Waals surface area contributed by atoms with E-state index in [0.717, 1.165) is 25.9 Å². The van der Waals surface area contributed by atoms with E-state index in [-0.39, 0.29) is 30.4 Å². The second-order valence-corrected chi connectivity index (χ2v) is 8.73. The van der Waals surface area contributed by atoms with Gasteiger partial charge < -0.3 is 11.1 Å². The molecule has 7 heteroatoms. The summed E-state index contributed by atoms with van der Waals surface area (Å²) in [5.74, 6) is -0.219. The summed E-state index contributed by atoms with van der Waals surface area (Å²) < 4.78 is 0. The average Bonchev–Trinajstić information content (AvgIpc) is 3.15. The lowest BCUT2D eigenvalue weighted by Crippen LogP contribution is -2.49. The van der Waals surface area contributed by atoms with E-state index in [9.17, 15) is 4.79 Å². The molecule has 1 aliphatic carbocycles. The Labute approximate surface area is 173 Å². The Morgan fingerprint density at radius 2 is 1.97 bits per heavy atom. The normalized spacial score (nSPS) is 31.8. The maximum absolute atomic E-state index is 11.4. The molecular formula is C22H35N5O2. The minimum absolute atomic E-state index is 0.0303. The fraction of sp³-hybridized carbons (Fsp3) is 0.682. The van der Waals surface area contributed by atoms with Crippen molar-refractivity contribution in [2.24, 2.45) is 11.7 Å². The third-order valence-corrected chi connectivity index (χ3v) is 6.72. The van der Waals surface area contributed by atoms with Crippen LogP contribution in [0.2, 0.25) is 0 Å². The number of piperidine rings is 1. The molecule has 2 saturated heterocycles. The molecule has 2 heterocycles. The number of rotatable bonds is 6. The highest BCUT2D eigenvalue weighted by atomic mass is 16.7. The zero-order chi connectivity index (χ0) is 20.2. The lowest BCUT2D eigenvalue weighted by atomic mass is 9.93. The Balaban J connectivity index is 1.34. The Morgan fingerprint density at radius 3 is 2.69 bits per heavy atom. The molecular weight excluding hydrogens is 366 g/mol. The standard InChI is InChI=1S/C22H35N5O2/c1-15-27(19-5-3-2-4-6-19)22(26-29-15)17-9-7-16(8-10-17)14-25-20-13-18(21(23)28)11-12-24-20/h7-10,15,18-20,22,24-26H,2-6,11-14H2,1H3,(H2,23,28). The van der Waals surface area contributed by atoms with Gasteiger partial charge in [-0.15, -0.1) is 0 Å². The van der Waals surface area contributed by atoms with Gasteiger partial charge in [-0.1, -0.05) is 43.5 Å². The number of primary amides is 1. The van der Waals surface area contributed by atoms with Gasteiger partial charge in [0, 0.05) is 18.5 Å². The van der Waals surface area contributed by atoms with E-state index in [1.165, 1.54) is 43.2 Å². The summed E-state index contributed by atoms with van der Waals surface area (Å²) in [6, 6.07) is 9.36. The first-order chi connectivity index (χ1) is 14.1. The number of benzene rings is 1. The SMILES string of the molecule is CC1ONC(c2ccc(CNC3CC(C(N)=O)CCN3)cc2)N1C1CCCCC1. The van der Waals surface area contributed by atoms with Crippen molar-refractivity contribution in [3.63, 3.8) is 0 Å². The number of hydrogen-bond donors (Lipinski definition) is 4. The summed E-state index contributed by atoms with van der Waals surface area (Å²) in [6.45, 7) is 3.73. The van der Waals surface area contributed by atoms with E-state index in [1.807, 2.05) is 0 Å². The maximum Gasteiger partial charge on any atom is 0.220 e. The van der Waals surface area contributed by atoms with E-state index in [1.54, 1.807) is 0 Å². The number of nitrogens with zero attached hydrogens (tertiary/aromatic N) is 1. The number of hydrogen-bond acceptors (Lipinski definition) is 6. The molecule has 4 atom stereocenters. The minimum Gasteiger partial charge on any atom is -0.369 e. The number of hydroxylamine groups is 1. The minimum atomic E-state index is -0.189. The molecule has 3 fully saturated rings. The van der Waals surface area contributed by atoms with Crippen LogP contribution in [0, 0.1) is 5.92 Å². The zero-order valence-electron chi connectivity index (χ0n) is 17.4. The molecule has 3 aliphatic rings. The van der Waals surface area contributed by atoms with Crippen LogP contribution in [0.25, 0.3) is 0 Å². The van der Waals surface area contributed by atoms with Crippen LogP contribution in [0.5, 0.6) is 0 Å². The van der Waals surface area contributed by atoms with Crippen LogP contribution in [0.15, 0.2) is 24.3 Å². The highest BCUT2D eigenvalue weighted by Gasteiger charge is 2.38. The van der Waals surface area contributed by atoms with E-state index < -0.39 is 0 Å². The smallest absolute Gasteiger partial charge is 0.220 e. The lowest BCUT2D eigenvalue weighted by molar-refractivity contribution is -0.122. The van der Waals surface area contributed by atoms with Gasteiger partial charge in [0.25, 0.3) is 0 Å². The third-order valence-electron chi connectivity index (χ3n) is 6.72. The molecule has 160 valence electrons. The van der Waals surface area contributed by atoms with Crippen LogP contribution in [-0.2, 0) is 16.2 Å². The van der Waals surface area contributed by atoms with Crippen LogP contribution >= 0.6 is 0 Å². The van der Waals surface area contributed by atoms with Crippen molar-refractivity contribution < 1.29 is 9.63 Å². The van der Waals surface area contributed by atoms with E-state index in [4.69, 9.17) is 10.6 Å². The molecule has 1 aromatic carbocycles. The Bertz CT molecular complexity index is 676. The summed E-state index contributed by atoms with van der Waals surface area (Å²) in [5, 5.41) is 6.93. The van der Waals surface area contributed by atoms with Crippen LogP contribution in [-0.4, -0.2) is 35.8 Å².